The van der Waals surface area contributed by atoms with Crippen molar-refractivity contribution in [3.05, 3.63) is 71.9 Å². The van der Waals surface area contributed by atoms with Gasteiger partial charge in [0.05, 0.1) is 31.4 Å². The standard InChI is InChI=1S/C36H43N5O9/c1-2-49-36(47)40-19-17-39(18-20-40)35(46)29(14-15-33(43)44)38-34(45)30-21-31(27-12-6-7-13-28(27)37-30)50-24-32(42)41-16-8-11-26(41)23-48-22-25-9-4-3-5-10-25/h3-7,9-10,12-13,21,26,29H,2,8,11,14-20,22-24H2,1H3,(H,38,45)(H,43,44)/t26?,29-/m0/s1. The summed E-state index contributed by atoms with van der Waals surface area (Å²) in [6.45, 7) is 4.03. The largest absolute Gasteiger partial charge is 0.483 e. The number of benzene rings is 2. The molecule has 5 rings (SSSR count). The van der Waals surface area contributed by atoms with Crippen molar-refractivity contribution in [1.82, 2.24) is 25.0 Å². The minimum atomic E-state index is -1.15. The number of hydrogen-bond donors (Lipinski definition) is 2. The van der Waals surface area contributed by atoms with E-state index in [4.69, 9.17) is 14.2 Å². The molecule has 2 fully saturated rings. The van der Waals surface area contributed by atoms with E-state index in [1.807, 2.05) is 30.3 Å². The van der Waals surface area contributed by atoms with E-state index in [0.717, 1.165) is 18.4 Å². The van der Waals surface area contributed by atoms with Gasteiger partial charge in [0, 0.05) is 50.6 Å². The molecule has 0 radical (unpaired) electrons. The average molecular weight is 690 g/mol. The molecule has 1 aromatic heterocycles. The molecule has 266 valence electrons. The maximum absolute atomic E-state index is 13.6. The average Bonchev–Trinajstić information content (AvgIpc) is 3.61. The molecule has 2 aromatic carbocycles. The third-order valence-electron chi connectivity index (χ3n) is 8.75. The lowest BCUT2D eigenvalue weighted by Gasteiger charge is -2.35. The number of rotatable bonds is 14. The fraction of sp³-hybridized carbons (Fsp3) is 0.444. The minimum absolute atomic E-state index is 0.0558. The number of carboxylic acid groups (broad SMARTS) is 1. The van der Waals surface area contributed by atoms with Crippen LogP contribution in [0.15, 0.2) is 60.7 Å². The van der Waals surface area contributed by atoms with Crippen LogP contribution in [0.25, 0.3) is 10.9 Å². The summed E-state index contributed by atoms with van der Waals surface area (Å²) in [4.78, 5) is 73.2. The van der Waals surface area contributed by atoms with Crippen LogP contribution in [0.1, 0.15) is 48.7 Å². The van der Waals surface area contributed by atoms with Gasteiger partial charge in [-0.15, -0.1) is 0 Å². The van der Waals surface area contributed by atoms with Crippen LogP contribution in [-0.2, 0) is 30.5 Å². The van der Waals surface area contributed by atoms with Gasteiger partial charge in [0.1, 0.15) is 17.5 Å². The Morgan fingerprint density at radius 1 is 0.960 bits per heavy atom. The zero-order valence-electron chi connectivity index (χ0n) is 28.1. The van der Waals surface area contributed by atoms with Gasteiger partial charge in [0.2, 0.25) is 5.91 Å². The van der Waals surface area contributed by atoms with Crippen LogP contribution >= 0.6 is 0 Å². The summed E-state index contributed by atoms with van der Waals surface area (Å²) in [6, 6.07) is 17.1. The molecule has 0 bridgehead atoms. The predicted molar refractivity (Wildman–Crippen MR) is 181 cm³/mol. The number of aromatic nitrogens is 1. The number of amides is 4. The number of carbonyl (C=O) groups excluding carboxylic acids is 4. The van der Waals surface area contributed by atoms with Gasteiger partial charge in [0.25, 0.3) is 11.8 Å². The van der Waals surface area contributed by atoms with Crippen molar-refractivity contribution in [1.29, 1.82) is 0 Å². The highest BCUT2D eigenvalue weighted by molar-refractivity contribution is 5.99. The molecule has 0 spiro atoms. The van der Waals surface area contributed by atoms with Gasteiger partial charge < -0.3 is 39.3 Å². The van der Waals surface area contributed by atoms with Gasteiger partial charge in [-0.2, -0.15) is 0 Å². The Kier molecular flexibility index (Phi) is 12.6. The number of fused-ring (bicyclic) bond motifs is 1. The second kappa shape index (κ2) is 17.4. The van der Waals surface area contributed by atoms with E-state index in [1.54, 1.807) is 36.1 Å². The second-order valence-corrected chi connectivity index (χ2v) is 12.2. The first kappa shape index (κ1) is 36.1. The molecule has 1 unspecified atom stereocenters. The zero-order valence-corrected chi connectivity index (χ0v) is 28.1. The Bertz CT molecular complexity index is 1660. The maximum Gasteiger partial charge on any atom is 0.409 e. The van der Waals surface area contributed by atoms with Crippen LogP contribution in [0.4, 0.5) is 4.79 Å². The lowest BCUT2D eigenvalue weighted by Crippen LogP contribution is -2.56. The summed E-state index contributed by atoms with van der Waals surface area (Å²) in [6.07, 6.45) is 0.721. The lowest BCUT2D eigenvalue weighted by molar-refractivity contribution is -0.138. The number of piperazine rings is 1. The van der Waals surface area contributed by atoms with Crippen LogP contribution in [0, 0.1) is 0 Å². The second-order valence-electron chi connectivity index (χ2n) is 12.2. The highest BCUT2D eigenvalue weighted by Gasteiger charge is 2.32. The van der Waals surface area contributed by atoms with Crippen molar-refractivity contribution >= 4 is 40.7 Å². The monoisotopic (exact) mass is 689 g/mol. The topological polar surface area (TPSA) is 168 Å². The third kappa shape index (κ3) is 9.47. The first-order valence-corrected chi connectivity index (χ1v) is 16.9. The molecule has 3 aromatic rings. The number of ether oxygens (including phenoxy) is 3. The van der Waals surface area contributed by atoms with E-state index in [2.05, 4.69) is 10.3 Å². The van der Waals surface area contributed by atoms with E-state index in [9.17, 15) is 29.1 Å². The molecular formula is C36H43N5O9. The van der Waals surface area contributed by atoms with Crippen LogP contribution in [0.3, 0.4) is 0 Å². The Morgan fingerprint density at radius 3 is 2.42 bits per heavy atom. The zero-order chi connectivity index (χ0) is 35.5. The van der Waals surface area contributed by atoms with Crippen molar-refractivity contribution < 1.29 is 43.3 Å². The Labute approximate surface area is 290 Å². The minimum Gasteiger partial charge on any atom is -0.483 e. The normalized spacial score (nSPS) is 16.6. The van der Waals surface area contributed by atoms with Crippen molar-refractivity contribution in [2.24, 2.45) is 0 Å². The first-order chi connectivity index (χ1) is 24.2. The number of nitrogens with zero attached hydrogens (tertiary/aromatic N) is 4. The SMILES string of the molecule is CCOC(=O)N1CCN(C(=O)[C@H](CCC(=O)O)NC(=O)c2cc(OCC(=O)N3CCCC3COCc3ccccc3)c3ccccc3n2)CC1. The highest BCUT2D eigenvalue weighted by Crippen LogP contribution is 2.26. The van der Waals surface area contributed by atoms with Crippen molar-refractivity contribution in [2.45, 2.75) is 51.3 Å². The molecule has 50 heavy (non-hydrogen) atoms. The maximum atomic E-state index is 13.6. The summed E-state index contributed by atoms with van der Waals surface area (Å²) in [5, 5.41) is 12.6. The smallest absolute Gasteiger partial charge is 0.409 e. The van der Waals surface area contributed by atoms with Crippen LogP contribution < -0.4 is 10.1 Å². The number of para-hydroxylation sites is 1. The van der Waals surface area contributed by atoms with Crippen molar-refractivity contribution in [2.75, 3.05) is 52.5 Å². The van der Waals surface area contributed by atoms with E-state index < -0.39 is 29.9 Å². The van der Waals surface area contributed by atoms with Gasteiger partial charge in [-0.25, -0.2) is 9.78 Å². The molecule has 2 aliphatic rings. The number of carbonyl (C=O) groups is 5. The molecule has 14 nitrogen and oxygen atoms in total. The summed E-state index contributed by atoms with van der Waals surface area (Å²) in [5.41, 5.74) is 1.45. The van der Waals surface area contributed by atoms with E-state index >= 15 is 0 Å². The number of pyridine rings is 1. The molecule has 14 heteroatoms. The van der Waals surface area contributed by atoms with Crippen LogP contribution in [0.5, 0.6) is 5.75 Å². The third-order valence-corrected chi connectivity index (χ3v) is 8.75. The predicted octanol–water partition coefficient (Wildman–Crippen LogP) is 3.09. The molecular weight excluding hydrogens is 646 g/mol. The van der Waals surface area contributed by atoms with Gasteiger partial charge in [-0.05, 0) is 43.9 Å². The summed E-state index contributed by atoms with van der Waals surface area (Å²) in [7, 11) is 0. The van der Waals surface area contributed by atoms with Gasteiger partial charge in [0.15, 0.2) is 6.61 Å². The molecule has 2 N–H and O–H groups in total. The number of carboxylic acids is 1. The van der Waals surface area contributed by atoms with Gasteiger partial charge in [-0.3, -0.25) is 19.2 Å². The van der Waals surface area contributed by atoms with E-state index in [0.29, 0.717) is 30.7 Å². The molecule has 0 saturated carbocycles. The fourth-order valence-corrected chi connectivity index (χ4v) is 6.13. The Balaban J connectivity index is 1.24. The first-order valence-electron chi connectivity index (χ1n) is 16.9. The molecule has 2 saturated heterocycles. The number of nitrogens with one attached hydrogen (secondary N) is 1. The highest BCUT2D eigenvalue weighted by atomic mass is 16.6. The summed E-state index contributed by atoms with van der Waals surface area (Å²) in [5.74, 6) is -2.20. The molecule has 2 atom stereocenters. The Morgan fingerprint density at radius 2 is 1.68 bits per heavy atom. The van der Waals surface area contributed by atoms with E-state index in [-0.39, 0.29) is 75.6 Å². The summed E-state index contributed by atoms with van der Waals surface area (Å²) >= 11 is 0. The Hall–Kier alpha value is -5.24. The molecule has 4 amide bonds. The lowest BCUT2D eigenvalue weighted by atomic mass is 10.1. The molecule has 3 heterocycles. The van der Waals surface area contributed by atoms with Gasteiger partial charge in [-0.1, -0.05) is 42.5 Å². The van der Waals surface area contributed by atoms with Crippen molar-refractivity contribution in [3.63, 3.8) is 0 Å². The molecule has 0 aliphatic carbocycles. The molecule has 2 aliphatic heterocycles. The number of aliphatic carboxylic acids is 1. The van der Waals surface area contributed by atoms with E-state index in [1.165, 1.54) is 15.9 Å². The van der Waals surface area contributed by atoms with Crippen LogP contribution in [0.2, 0.25) is 0 Å². The quantitative estimate of drug-likeness (QED) is 0.257. The number of hydrogen-bond acceptors (Lipinski definition) is 9. The van der Waals surface area contributed by atoms with Crippen LogP contribution in [-0.4, -0.2) is 119 Å². The summed E-state index contributed by atoms with van der Waals surface area (Å²) < 4.78 is 17.0. The fourth-order valence-electron chi connectivity index (χ4n) is 6.13. The van der Waals surface area contributed by atoms with Gasteiger partial charge >= 0.3 is 12.1 Å². The number of likely N-dealkylation sites (tertiary alicyclic amines) is 1. The van der Waals surface area contributed by atoms with Crippen molar-refractivity contribution in [3.8, 4) is 5.75 Å².